The van der Waals surface area contributed by atoms with E-state index in [1.807, 2.05) is 25.1 Å². The molecule has 178 valence electrons. The normalized spacial score (nSPS) is 23.5. The third-order valence-electron chi connectivity index (χ3n) is 7.29. The third-order valence-corrected chi connectivity index (χ3v) is 7.29. The van der Waals surface area contributed by atoms with Crippen LogP contribution in [0.4, 0.5) is 0 Å². The minimum Gasteiger partial charge on any atom is -0.495 e. The molecule has 34 heavy (non-hydrogen) atoms. The number of esters is 1. The Morgan fingerprint density at radius 3 is 2.91 bits per heavy atom. The molecule has 0 spiro atoms. The molecule has 2 aromatic rings. The number of carbonyl (C=O) groups is 1. The molecule has 0 amide bonds. The zero-order valence-corrected chi connectivity index (χ0v) is 19.5. The second-order valence-electron chi connectivity index (χ2n) is 9.20. The number of aliphatic hydroxyl groups excluding tert-OH is 1. The van der Waals surface area contributed by atoms with E-state index in [9.17, 15) is 15.2 Å². The van der Waals surface area contributed by atoms with Crippen LogP contribution < -0.4 is 4.74 Å². The van der Waals surface area contributed by atoms with Gasteiger partial charge in [-0.25, -0.2) is 4.79 Å². The Bertz CT molecular complexity index is 1140. The van der Waals surface area contributed by atoms with Crippen molar-refractivity contribution in [1.82, 2.24) is 9.80 Å². The molecule has 0 saturated carbocycles. The number of fused-ring (bicyclic) bond motifs is 2. The van der Waals surface area contributed by atoms with Gasteiger partial charge in [0.05, 0.1) is 37.1 Å². The molecule has 0 radical (unpaired) electrons. The SMILES string of the molecule is COc1cc([C@H]2CN3CCN(CC(O)c4ccc5c(c4C)COC5=O)C[C@H]3CO2)ccc1C#N. The highest BCUT2D eigenvalue weighted by atomic mass is 16.5. The van der Waals surface area contributed by atoms with Crippen LogP contribution in [-0.4, -0.2) is 73.4 Å². The third kappa shape index (κ3) is 4.17. The minimum absolute atomic E-state index is 0.0611. The molecule has 8 nitrogen and oxygen atoms in total. The summed E-state index contributed by atoms with van der Waals surface area (Å²) in [6.45, 7) is 6.75. The molecule has 3 aliphatic heterocycles. The summed E-state index contributed by atoms with van der Waals surface area (Å²) in [6.07, 6.45) is -0.690. The molecular formula is C26H29N3O5. The molecule has 0 bridgehead atoms. The smallest absolute Gasteiger partial charge is 0.338 e. The number of nitriles is 1. The lowest BCUT2D eigenvalue weighted by Crippen LogP contribution is -2.58. The number of aliphatic hydroxyl groups is 1. The lowest BCUT2D eigenvalue weighted by molar-refractivity contribution is -0.0937. The molecular weight excluding hydrogens is 434 g/mol. The van der Waals surface area contributed by atoms with Crippen LogP contribution in [0.3, 0.4) is 0 Å². The predicted octanol–water partition coefficient (Wildman–Crippen LogP) is 2.34. The highest BCUT2D eigenvalue weighted by molar-refractivity contribution is 5.93. The number of morpholine rings is 1. The summed E-state index contributed by atoms with van der Waals surface area (Å²) in [6, 6.07) is 11.7. The Hall–Kier alpha value is -2.96. The number of benzene rings is 2. The number of hydrogen-bond acceptors (Lipinski definition) is 8. The van der Waals surface area contributed by atoms with E-state index in [1.165, 1.54) is 0 Å². The van der Waals surface area contributed by atoms with Gasteiger partial charge in [-0.2, -0.15) is 5.26 Å². The van der Waals surface area contributed by atoms with E-state index < -0.39 is 6.10 Å². The first kappa shape index (κ1) is 22.8. The van der Waals surface area contributed by atoms with Crippen molar-refractivity contribution in [2.45, 2.75) is 31.8 Å². The van der Waals surface area contributed by atoms with Crippen molar-refractivity contribution in [1.29, 1.82) is 5.26 Å². The maximum Gasteiger partial charge on any atom is 0.338 e. The summed E-state index contributed by atoms with van der Waals surface area (Å²) in [5.74, 6) is 0.285. The minimum atomic E-state index is -0.629. The molecule has 2 saturated heterocycles. The molecule has 5 rings (SSSR count). The van der Waals surface area contributed by atoms with Crippen LogP contribution in [0, 0.1) is 18.3 Å². The first-order valence-corrected chi connectivity index (χ1v) is 11.6. The number of rotatable bonds is 5. The number of cyclic esters (lactones) is 1. The van der Waals surface area contributed by atoms with Gasteiger partial charge in [0.25, 0.3) is 0 Å². The number of β-amino-alcohol motifs (C(OH)–C–C–N with tert-alkyl or cyclic N) is 1. The van der Waals surface area contributed by atoms with Gasteiger partial charge >= 0.3 is 5.97 Å². The molecule has 3 aliphatic rings. The lowest BCUT2D eigenvalue weighted by atomic mass is 9.95. The summed E-state index contributed by atoms with van der Waals surface area (Å²) in [5, 5.41) is 20.2. The van der Waals surface area contributed by atoms with Crippen molar-refractivity contribution in [2.24, 2.45) is 0 Å². The van der Waals surface area contributed by atoms with Gasteiger partial charge in [0, 0.05) is 44.3 Å². The van der Waals surface area contributed by atoms with Crippen LogP contribution in [0.2, 0.25) is 0 Å². The topological polar surface area (TPSA) is 95.3 Å². The highest BCUT2D eigenvalue weighted by Crippen LogP contribution is 2.32. The van der Waals surface area contributed by atoms with E-state index in [0.29, 0.717) is 30.0 Å². The maximum atomic E-state index is 11.8. The Labute approximate surface area is 199 Å². The molecule has 2 aromatic carbocycles. The molecule has 8 heteroatoms. The van der Waals surface area contributed by atoms with Gasteiger partial charge in [-0.15, -0.1) is 0 Å². The fourth-order valence-corrected chi connectivity index (χ4v) is 5.29. The molecule has 1 unspecified atom stereocenters. The van der Waals surface area contributed by atoms with Crippen molar-refractivity contribution in [3.8, 4) is 11.8 Å². The number of ether oxygens (including phenoxy) is 3. The summed E-state index contributed by atoms with van der Waals surface area (Å²) in [4.78, 5) is 16.5. The Morgan fingerprint density at radius 1 is 1.26 bits per heavy atom. The number of hydrogen-bond donors (Lipinski definition) is 1. The van der Waals surface area contributed by atoms with E-state index in [1.54, 1.807) is 19.2 Å². The van der Waals surface area contributed by atoms with Crippen LogP contribution in [0.5, 0.6) is 5.75 Å². The van der Waals surface area contributed by atoms with Crippen molar-refractivity contribution in [3.63, 3.8) is 0 Å². The average Bonchev–Trinajstić information content (AvgIpc) is 3.24. The van der Waals surface area contributed by atoms with Crippen molar-refractivity contribution >= 4 is 5.97 Å². The van der Waals surface area contributed by atoms with Crippen LogP contribution >= 0.6 is 0 Å². The second-order valence-corrected chi connectivity index (χ2v) is 9.20. The second kappa shape index (κ2) is 9.35. The fourth-order valence-electron chi connectivity index (χ4n) is 5.29. The Balaban J connectivity index is 1.21. The monoisotopic (exact) mass is 463 g/mol. The van der Waals surface area contributed by atoms with Gasteiger partial charge in [-0.05, 0) is 41.8 Å². The van der Waals surface area contributed by atoms with E-state index in [-0.39, 0.29) is 24.7 Å². The molecule has 2 fully saturated rings. The molecule has 0 aromatic heterocycles. The van der Waals surface area contributed by atoms with Gasteiger partial charge in [0.15, 0.2) is 0 Å². The Morgan fingerprint density at radius 2 is 2.12 bits per heavy atom. The van der Waals surface area contributed by atoms with Crippen LogP contribution in [-0.2, 0) is 16.1 Å². The van der Waals surface area contributed by atoms with Crippen LogP contribution in [0.15, 0.2) is 30.3 Å². The number of piperazine rings is 1. The first-order valence-electron chi connectivity index (χ1n) is 11.6. The van der Waals surface area contributed by atoms with Crippen molar-refractivity contribution in [2.75, 3.05) is 46.4 Å². The molecule has 1 N–H and O–H groups in total. The zero-order chi connectivity index (χ0) is 23.8. The standard InChI is InChI=1S/C26H29N3O5/c1-16-20(5-6-21-22(16)15-34-26(21)31)23(30)12-28-7-8-29-13-25(33-14-19(29)11-28)17-3-4-18(10-27)24(9-17)32-2/h3-6,9,19,23,25,30H,7-8,11-15H2,1-2H3/t19-,23?,25+/m0/s1. The van der Waals surface area contributed by atoms with Crippen LogP contribution in [0.25, 0.3) is 0 Å². The summed E-state index contributed by atoms with van der Waals surface area (Å²) in [5.41, 5.74) is 4.82. The van der Waals surface area contributed by atoms with Crippen molar-refractivity contribution in [3.05, 3.63) is 63.7 Å². The first-order chi connectivity index (χ1) is 16.5. The quantitative estimate of drug-likeness (QED) is 0.676. The van der Waals surface area contributed by atoms with Gasteiger partial charge < -0.3 is 19.3 Å². The van der Waals surface area contributed by atoms with E-state index in [4.69, 9.17) is 14.2 Å². The number of carbonyl (C=O) groups excluding carboxylic acids is 1. The maximum absolute atomic E-state index is 11.8. The van der Waals surface area contributed by atoms with Gasteiger partial charge in [-0.3, -0.25) is 9.80 Å². The molecule has 3 heterocycles. The zero-order valence-electron chi connectivity index (χ0n) is 19.5. The van der Waals surface area contributed by atoms with E-state index in [2.05, 4.69) is 15.9 Å². The van der Waals surface area contributed by atoms with Gasteiger partial charge in [-0.1, -0.05) is 12.1 Å². The number of methoxy groups -OCH3 is 1. The average molecular weight is 464 g/mol. The van der Waals surface area contributed by atoms with Crippen molar-refractivity contribution < 1.29 is 24.1 Å². The highest BCUT2D eigenvalue weighted by Gasteiger charge is 2.35. The summed E-state index contributed by atoms with van der Waals surface area (Å²) >= 11 is 0. The van der Waals surface area contributed by atoms with E-state index >= 15 is 0 Å². The molecule has 3 atom stereocenters. The largest absolute Gasteiger partial charge is 0.495 e. The van der Waals surface area contributed by atoms with Gasteiger partial charge in [0.1, 0.15) is 18.4 Å². The number of nitrogens with zero attached hydrogens (tertiary/aromatic N) is 3. The summed E-state index contributed by atoms with van der Waals surface area (Å²) in [7, 11) is 1.57. The van der Waals surface area contributed by atoms with Gasteiger partial charge in [0.2, 0.25) is 0 Å². The summed E-state index contributed by atoms with van der Waals surface area (Å²) < 4.78 is 16.7. The lowest BCUT2D eigenvalue weighted by Gasteiger charge is -2.46. The fraction of sp³-hybridized carbons (Fsp3) is 0.462. The van der Waals surface area contributed by atoms with Crippen LogP contribution in [0.1, 0.15) is 50.4 Å². The van der Waals surface area contributed by atoms with E-state index in [0.717, 1.165) is 48.4 Å². The Kier molecular flexibility index (Phi) is 6.28. The predicted molar refractivity (Wildman–Crippen MR) is 123 cm³/mol. The molecule has 0 aliphatic carbocycles.